The molecule has 1 aliphatic heterocycles. The molecule has 14 heavy (non-hydrogen) atoms. The summed E-state index contributed by atoms with van der Waals surface area (Å²) in [5.74, 6) is 0.679. The van der Waals surface area contributed by atoms with Crippen molar-refractivity contribution in [2.75, 3.05) is 13.7 Å². The predicted octanol–water partition coefficient (Wildman–Crippen LogP) is 2.20. The number of methoxy groups -OCH3 is 1. The Morgan fingerprint density at radius 2 is 2.29 bits per heavy atom. The van der Waals surface area contributed by atoms with Crippen molar-refractivity contribution < 1.29 is 9.84 Å². The molecule has 1 aromatic carbocycles. The first kappa shape index (κ1) is 9.80. The lowest BCUT2D eigenvalue weighted by Gasteiger charge is -2.28. The van der Waals surface area contributed by atoms with E-state index in [1.54, 1.807) is 7.11 Å². The summed E-state index contributed by atoms with van der Waals surface area (Å²) in [6.07, 6.45) is 1.14. The van der Waals surface area contributed by atoms with Gasteiger partial charge in [0, 0.05) is 6.04 Å². The fourth-order valence-electron chi connectivity index (χ4n) is 1.52. The summed E-state index contributed by atoms with van der Waals surface area (Å²) in [6.45, 7) is 1.06. The second kappa shape index (κ2) is 3.79. The largest absolute Gasteiger partial charge is 0.503 e. The van der Waals surface area contributed by atoms with Crippen molar-refractivity contribution in [1.82, 2.24) is 5.32 Å². The second-order valence-corrected chi connectivity index (χ2v) is 4.20. The normalized spacial score (nSPS) is 20.3. The van der Waals surface area contributed by atoms with Crippen LogP contribution in [0.25, 0.3) is 0 Å². The molecule has 0 spiro atoms. The van der Waals surface area contributed by atoms with Crippen LogP contribution in [0.5, 0.6) is 11.5 Å². The summed E-state index contributed by atoms with van der Waals surface area (Å²) in [4.78, 5) is 0. The third-order valence-corrected chi connectivity index (χ3v) is 3.10. The number of nitrogens with one attached hydrogen (secondary N) is 1. The summed E-state index contributed by atoms with van der Waals surface area (Å²) >= 11 is 3.30. The summed E-state index contributed by atoms with van der Waals surface area (Å²) in [5.41, 5.74) is 1.15. The van der Waals surface area contributed by atoms with E-state index < -0.39 is 0 Å². The number of phenolic OH excluding ortho intramolecular Hbond substituents is 1. The van der Waals surface area contributed by atoms with E-state index >= 15 is 0 Å². The number of rotatable bonds is 2. The zero-order valence-electron chi connectivity index (χ0n) is 7.88. The van der Waals surface area contributed by atoms with Gasteiger partial charge in [0.05, 0.1) is 11.6 Å². The van der Waals surface area contributed by atoms with Gasteiger partial charge in [0.2, 0.25) is 0 Å². The number of hydrogen-bond donors (Lipinski definition) is 2. The Bertz CT molecular complexity index is 350. The highest BCUT2D eigenvalue weighted by molar-refractivity contribution is 9.10. The minimum Gasteiger partial charge on any atom is -0.503 e. The molecule has 76 valence electrons. The van der Waals surface area contributed by atoms with Crippen molar-refractivity contribution in [3.8, 4) is 11.5 Å². The molecule has 3 nitrogen and oxygen atoms in total. The van der Waals surface area contributed by atoms with Gasteiger partial charge in [-0.3, -0.25) is 0 Å². The first-order chi connectivity index (χ1) is 6.72. The molecule has 2 rings (SSSR count). The van der Waals surface area contributed by atoms with Crippen LogP contribution < -0.4 is 10.1 Å². The Kier molecular flexibility index (Phi) is 2.65. The summed E-state index contributed by atoms with van der Waals surface area (Å²) in [5, 5.41) is 12.9. The molecular formula is C10H12BrNO2. The minimum absolute atomic E-state index is 0.163. The van der Waals surface area contributed by atoms with Crippen LogP contribution in [0, 0.1) is 0 Å². The van der Waals surface area contributed by atoms with E-state index in [1.807, 2.05) is 12.1 Å². The van der Waals surface area contributed by atoms with Gasteiger partial charge in [-0.2, -0.15) is 0 Å². The standard InChI is InChI=1S/C10H12BrNO2/c1-14-9-5-6(8-2-3-12-8)4-7(11)10(9)13/h4-5,8,12-13H,2-3H2,1H3. The fraction of sp³-hybridized carbons (Fsp3) is 0.400. The molecule has 1 aromatic rings. The van der Waals surface area contributed by atoms with E-state index in [0.29, 0.717) is 16.3 Å². The van der Waals surface area contributed by atoms with Gasteiger partial charge in [-0.05, 0) is 46.6 Å². The molecule has 1 fully saturated rings. The van der Waals surface area contributed by atoms with Gasteiger partial charge in [0.1, 0.15) is 0 Å². The minimum atomic E-state index is 0.163. The molecule has 1 saturated heterocycles. The lowest BCUT2D eigenvalue weighted by atomic mass is 9.98. The monoisotopic (exact) mass is 257 g/mol. The van der Waals surface area contributed by atoms with E-state index in [4.69, 9.17) is 4.74 Å². The second-order valence-electron chi connectivity index (χ2n) is 3.35. The Balaban J connectivity index is 2.37. The highest BCUT2D eigenvalue weighted by atomic mass is 79.9. The number of aromatic hydroxyl groups is 1. The number of benzene rings is 1. The zero-order valence-corrected chi connectivity index (χ0v) is 9.47. The number of ether oxygens (including phenoxy) is 1. The van der Waals surface area contributed by atoms with Gasteiger partial charge >= 0.3 is 0 Å². The van der Waals surface area contributed by atoms with Crippen LogP contribution in [-0.4, -0.2) is 18.8 Å². The molecular weight excluding hydrogens is 246 g/mol. The number of hydrogen-bond acceptors (Lipinski definition) is 3. The van der Waals surface area contributed by atoms with Gasteiger partial charge in [-0.15, -0.1) is 0 Å². The smallest absolute Gasteiger partial charge is 0.172 e. The first-order valence-corrected chi connectivity index (χ1v) is 5.31. The quantitative estimate of drug-likeness (QED) is 0.854. The third-order valence-electron chi connectivity index (χ3n) is 2.50. The molecule has 0 radical (unpaired) electrons. The maximum Gasteiger partial charge on any atom is 0.172 e. The Morgan fingerprint density at radius 3 is 2.79 bits per heavy atom. The van der Waals surface area contributed by atoms with Gasteiger partial charge in [-0.25, -0.2) is 0 Å². The SMILES string of the molecule is COc1cc(C2CCN2)cc(Br)c1O. The number of halogens is 1. The molecule has 1 aliphatic rings. The molecule has 0 aliphatic carbocycles. The van der Waals surface area contributed by atoms with E-state index in [9.17, 15) is 5.11 Å². The molecule has 1 unspecified atom stereocenters. The Hall–Kier alpha value is -0.740. The van der Waals surface area contributed by atoms with Crippen molar-refractivity contribution in [1.29, 1.82) is 0 Å². The van der Waals surface area contributed by atoms with Crippen LogP contribution in [0.15, 0.2) is 16.6 Å². The average molecular weight is 258 g/mol. The van der Waals surface area contributed by atoms with Crippen LogP contribution in [0.4, 0.5) is 0 Å². The first-order valence-electron chi connectivity index (χ1n) is 4.52. The van der Waals surface area contributed by atoms with E-state index in [0.717, 1.165) is 18.5 Å². The topological polar surface area (TPSA) is 41.5 Å². The Morgan fingerprint density at radius 1 is 1.57 bits per heavy atom. The van der Waals surface area contributed by atoms with Crippen LogP contribution in [0.1, 0.15) is 18.0 Å². The molecule has 0 amide bonds. The molecule has 2 N–H and O–H groups in total. The summed E-state index contributed by atoms with van der Waals surface area (Å²) in [7, 11) is 1.56. The lowest BCUT2D eigenvalue weighted by Crippen LogP contribution is -2.34. The maximum absolute atomic E-state index is 9.60. The lowest BCUT2D eigenvalue weighted by molar-refractivity contribution is 0.361. The van der Waals surface area contributed by atoms with E-state index in [-0.39, 0.29) is 5.75 Å². The Labute approximate surface area is 91.2 Å². The highest BCUT2D eigenvalue weighted by Crippen LogP contribution is 2.38. The zero-order chi connectivity index (χ0) is 10.1. The van der Waals surface area contributed by atoms with Crippen molar-refractivity contribution in [2.45, 2.75) is 12.5 Å². The van der Waals surface area contributed by atoms with Gasteiger partial charge < -0.3 is 15.2 Å². The van der Waals surface area contributed by atoms with E-state index in [2.05, 4.69) is 21.2 Å². The van der Waals surface area contributed by atoms with Crippen molar-refractivity contribution in [3.63, 3.8) is 0 Å². The fourth-order valence-corrected chi connectivity index (χ4v) is 1.98. The highest BCUT2D eigenvalue weighted by Gasteiger charge is 2.20. The van der Waals surface area contributed by atoms with Crippen LogP contribution in [0.3, 0.4) is 0 Å². The van der Waals surface area contributed by atoms with E-state index in [1.165, 1.54) is 0 Å². The molecule has 0 bridgehead atoms. The third kappa shape index (κ3) is 1.60. The summed E-state index contributed by atoms with van der Waals surface area (Å²) < 4.78 is 5.76. The average Bonchev–Trinajstić information content (AvgIpc) is 2.08. The molecule has 0 aromatic heterocycles. The van der Waals surface area contributed by atoms with Crippen LogP contribution in [0.2, 0.25) is 0 Å². The van der Waals surface area contributed by atoms with Crippen LogP contribution in [-0.2, 0) is 0 Å². The van der Waals surface area contributed by atoms with Gasteiger partial charge in [0.15, 0.2) is 11.5 Å². The van der Waals surface area contributed by atoms with Crippen LogP contribution >= 0.6 is 15.9 Å². The molecule has 1 atom stereocenters. The van der Waals surface area contributed by atoms with Gasteiger partial charge in [-0.1, -0.05) is 0 Å². The molecule has 1 heterocycles. The van der Waals surface area contributed by atoms with Crippen molar-refractivity contribution in [3.05, 3.63) is 22.2 Å². The maximum atomic E-state index is 9.60. The molecule has 0 saturated carbocycles. The molecule has 4 heteroatoms. The van der Waals surface area contributed by atoms with Crippen molar-refractivity contribution in [2.24, 2.45) is 0 Å². The van der Waals surface area contributed by atoms with Gasteiger partial charge in [0.25, 0.3) is 0 Å². The number of phenols is 1. The summed E-state index contributed by atoms with van der Waals surface area (Å²) in [6, 6.07) is 4.20. The predicted molar refractivity (Wildman–Crippen MR) is 57.7 cm³/mol. The van der Waals surface area contributed by atoms with Crippen molar-refractivity contribution >= 4 is 15.9 Å².